The van der Waals surface area contributed by atoms with Gasteiger partial charge in [-0.1, -0.05) is 43.0 Å². The third-order valence-electron chi connectivity index (χ3n) is 7.06. The van der Waals surface area contributed by atoms with Gasteiger partial charge in [0.25, 0.3) is 0 Å². The summed E-state index contributed by atoms with van der Waals surface area (Å²) in [5, 5.41) is 5.77. The Kier molecular flexibility index (Phi) is 8.05. The highest BCUT2D eigenvalue weighted by atomic mass is 35.5. The van der Waals surface area contributed by atoms with E-state index in [1.165, 1.54) is 6.07 Å². The summed E-state index contributed by atoms with van der Waals surface area (Å²) in [6.45, 7) is 2.36. The largest absolute Gasteiger partial charge is 0.462 e. The van der Waals surface area contributed by atoms with Gasteiger partial charge in [0.05, 0.1) is 35.7 Å². The summed E-state index contributed by atoms with van der Waals surface area (Å²) in [4.78, 5) is 12.0. The van der Waals surface area contributed by atoms with Gasteiger partial charge in [-0.25, -0.2) is 18.3 Å². The zero-order chi connectivity index (χ0) is 26.6. The molecule has 0 saturated heterocycles. The maximum atomic E-state index is 14.5. The first-order valence-corrected chi connectivity index (χ1v) is 13.3. The predicted octanol–water partition coefficient (Wildman–Crippen LogP) is 7.97. The first kappa shape index (κ1) is 26.3. The van der Waals surface area contributed by atoms with Crippen molar-refractivity contribution in [3.8, 4) is 5.69 Å². The van der Waals surface area contributed by atoms with Crippen LogP contribution in [0.15, 0.2) is 60.7 Å². The average molecular weight is 539 g/mol. The molecule has 5 nitrogen and oxygen atoms in total. The van der Waals surface area contributed by atoms with Crippen LogP contribution in [0.5, 0.6) is 0 Å². The third kappa shape index (κ3) is 5.59. The van der Waals surface area contributed by atoms with Crippen molar-refractivity contribution in [3.63, 3.8) is 0 Å². The van der Waals surface area contributed by atoms with E-state index in [0.29, 0.717) is 33.8 Å². The zero-order valence-electron chi connectivity index (χ0n) is 21.1. The van der Waals surface area contributed by atoms with Gasteiger partial charge in [0.1, 0.15) is 6.10 Å². The van der Waals surface area contributed by atoms with Crippen molar-refractivity contribution >= 4 is 28.5 Å². The summed E-state index contributed by atoms with van der Waals surface area (Å²) in [5.74, 6) is -2.05. The Bertz CT molecular complexity index is 1410. The van der Waals surface area contributed by atoms with Gasteiger partial charge in [0.15, 0.2) is 11.6 Å². The summed E-state index contributed by atoms with van der Waals surface area (Å²) < 4.78 is 42.1. The summed E-state index contributed by atoms with van der Waals surface area (Å²) in [6.07, 6.45) is 4.83. The molecule has 1 aliphatic carbocycles. The molecule has 1 aliphatic rings. The number of hydrogen-bond acceptors (Lipinski definition) is 4. The van der Waals surface area contributed by atoms with Crippen LogP contribution in [0.3, 0.4) is 0 Å². The summed E-state index contributed by atoms with van der Waals surface area (Å²) >= 11 is 6.13. The number of ether oxygens (including phenoxy) is 2. The van der Waals surface area contributed by atoms with E-state index in [9.17, 15) is 13.6 Å². The molecule has 3 aromatic carbocycles. The lowest BCUT2D eigenvalue weighted by Gasteiger charge is -2.31. The van der Waals surface area contributed by atoms with Crippen molar-refractivity contribution in [3.05, 3.63) is 94.1 Å². The van der Waals surface area contributed by atoms with Gasteiger partial charge in [-0.05, 0) is 73.7 Å². The number of carbonyl (C=O) groups is 1. The Morgan fingerprint density at radius 3 is 2.39 bits per heavy atom. The molecule has 38 heavy (non-hydrogen) atoms. The SMILES string of the molecule is CCOC(=O)c1ccc(COC(c2c3cc(F)c(F)cc3nn2-c2ccc(Cl)cc2)C2CCCCC2)cc1. The molecule has 1 unspecified atom stereocenters. The van der Waals surface area contributed by atoms with Crippen LogP contribution < -0.4 is 0 Å². The number of benzene rings is 3. The molecule has 0 N–H and O–H groups in total. The molecule has 0 bridgehead atoms. The van der Waals surface area contributed by atoms with Crippen LogP contribution >= 0.6 is 11.6 Å². The smallest absolute Gasteiger partial charge is 0.338 e. The number of fused-ring (bicyclic) bond motifs is 1. The monoisotopic (exact) mass is 538 g/mol. The molecule has 1 aromatic heterocycles. The number of hydrogen-bond donors (Lipinski definition) is 0. The van der Waals surface area contributed by atoms with Crippen LogP contribution in [-0.4, -0.2) is 22.4 Å². The van der Waals surface area contributed by atoms with Gasteiger partial charge in [0, 0.05) is 16.5 Å². The van der Waals surface area contributed by atoms with Crippen LogP contribution in [0, 0.1) is 17.6 Å². The first-order valence-electron chi connectivity index (χ1n) is 13.0. The maximum absolute atomic E-state index is 14.5. The Labute approximate surface area is 225 Å². The number of aromatic nitrogens is 2. The van der Waals surface area contributed by atoms with Gasteiger partial charge in [-0.15, -0.1) is 0 Å². The Morgan fingerprint density at radius 1 is 1.03 bits per heavy atom. The fraction of sp³-hybridized carbons (Fsp3) is 0.333. The second-order valence-electron chi connectivity index (χ2n) is 9.60. The highest BCUT2D eigenvalue weighted by molar-refractivity contribution is 6.30. The van der Waals surface area contributed by atoms with Crippen molar-refractivity contribution < 1.29 is 23.0 Å². The standard InChI is InChI=1S/C30H29ClF2N2O3/c1-2-37-30(36)21-10-8-19(9-11-21)18-38-29(20-6-4-3-5-7-20)28-24-16-25(32)26(33)17-27(24)34-35(28)23-14-12-22(31)13-15-23/h8-17,20,29H,2-7,18H2,1H3. The molecule has 1 saturated carbocycles. The zero-order valence-corrected chi connectivity index (χ0v) is 21.9. The minimum absolute atomic E-state index is 0.182. The highest BCUT2D eigenvalue weighted by Gasteiger charge is 2.32. The normalized spacial score (nSPS) is 15.1. The number of rotatable bonds is 8. The van der Waals surface area contributed by atoms with Crippen molar-refractivity contribution in [2.45, 2.75) is 51.7 Å². The molecule has 0 aliphatic heterocycles. The second kappa shape index (κ2) is 11.6. The van der Waals surface area contributed by atoms with Crippen LogP contribution in [0.2, 0.25) is 5.02 Å². The lowest BCUT2D eigenvalue weighted by atomic mass is 9.83. The van der Waals surface area contributed by atoms with Crippen LogP contribution in [0.25, 0.3) is 16.6 Å². The van der Waals surface area contributed by atoms with E-state index in [1.807, 2.05) is 24.3 Å². The van der Waals surface area contributed by atoms with Crippen LogP contribution in [0.4, 0.5) is 8.78 Å². The van der Waals surface area contributed by atoms with Gasteiger partial charge >= 0.3 is 5.97 Å². The number of esters is 1. The molecule has 4 aromatic rings. The first-order chi connectivity index (χ1) is 18.4. The molecule has 0 amide bonds. The number of halogens is 3. The molecule has 0 spiro atoms. The molecule has 8 heteroatoms. The maximum Gasteiger partial charge on any atom is 0.338 e. The van der Waals surface area contributed by atoms with Gasteiger partial charge in [0.2, 0.25) is 0 Å². The molecular formula is C30H29ClF2N2O3. The van der Waals surface area contributed by atoms with E-state index >= 15 is 0 Å². The molecule has 5 rings (SSSR count). The Balaban J connectivity index is 1.55. The van der Waals surface area contributed by atoms with Gasteiger partial charge < -0.3 is 9.47 Å². The lowest BCUT2D eigenvalue weighted by molar-refractivity contribution is -0.0155. The summed E-state index contributed by atoms with van der Waals surface area (Å²) in [5.41, 5.74) is 3.14. The van der Waals surface area contributed by atoms with Crippen LogP contribution in [-0.2, 0) is 16.1 Å². The molecule has 1 heterocycles. The summed E-state index contributed by atoms with van der Waals surface area (Å²) in [7, 11) is 0. The van der Waals surface area contributed by atoms with E-state index in [-0.39, 0.29) is 18.5 Å². The molecule has 1 fully saturated rings. The van der Waals surface area contributed by atoms with E-state index in [4.69, 9.17) is 21.1 Å². The van der Waals surface area contributed by atoms with E-state index in [2.05, 4.69) is 5.10 Å². The van der Waals surface area contributed by atoms with Gasteiger partial charge in [-0.3, -0.25) is 0 Å². The fourth-order valence-electron chi connectivity index (χ4n) is 5.17. The predicted molar refractivity (Wildman–Crippen MR) is 142 cm³/mol. The van der Waals surface area contributed by atoms with Gasteiger partial charge in [-0.2, -0.15) is 5.10 Å². The number of nitrogens with zero attached hydrogens (tertiary/aromatic N) is 2. The lowest BCUT2D eigenvalue weighted by Crippen LogP contribution is -2.22. The minimum Gasteiger partial charge on any atom is -0.462 e. The molecule has 1 atom stereocenters. The summed E-state index contributed by atoms with van der Waals surface area (Å²) in [6, 6.07) is 16.6. The Morgan fingerprint density at radius 2 is 1.71 bits per heavy atom. The third-order valence-corrected chi connectivity index (χ3v) is 7.32. The second-order valence-corrected chi connectivity index (χ2v) is 10.0. The topological polar surface area (TPSA) is 53.4 Å². The molecule has 0 radical (unpaired) electrons. The average Bonchev–Trinajstić information content (AvgIpc) is 3.28. The molecular weight excluding hydrogens is 510 g/mol. The Hall–Kier alpha value is -3.29. The van der Waals surface area contributed by atoms with Crippen molar-refractivity contribution in [1.29, 1.82) is 0 Å². The van der Waals surface area contributed by atoms with E-state index < -0.39 is 17.7 Å². The quantitative estimate of drug-likeness (QED) is 0.213. The van der Waals surface area contributed by atoms with Crippen LogP contribution in [0.1, 0.15) is 66.7 Å². The minimum atomic E-state index is -0.943. The number of carbonyl (C=O) groups excluding carboxylic acids is 1. The fourth-order valence-corrected chi connectivity index (χ4v) is 5.29. The van der Waals surface area contributed by atoms with Crippen molar-refractivity contribution in [2.75, 3.05) is 6.61 Å². The molecule has 198 valence electrons. The van der Waals surface area contributed by atoms with Crippen molar-refractivity contribution in [2.24, 2.45) is 5.92 Å². The van der Waals surface area contributed by atoms with E-state index in [0.717, 1.165) is 49.4 Å². The van der Waals surface area contributed by atoms with Crippen molar-refractivity contribution in [1.82, 2.24) is 9.78 Å². The highest BCUT2D eigenvalue weighted by Crippen LogP contribution is 2.41. The van der Waals surface area contributed by atoms with E-state index in [1.54, 1.807) is 35.9 Å².